The van der Waals surface area contributed by atoms with Crippen molar-refractivity contribution in [2.45, 2.75) is 24.8 Å². The van der Waals surface area contributed by atoms with E-state index in [0.29, 0.717) is 5.92 Å². The molecule has 4 nitrogen and oxygen atoms in total. The first-order valence-electron chi connectivity index (χ1n) is 15.9. The van der Waals surface area contributed by atoms with Crippen molar-refractivity contribution >= 4 is 50.1 Å². The molecule has 4 heterocycles. The fraction of sp³-hybridized carbons (Fsp3) is 0.146. The summed E-state index contributed by atoms with van der Waals surface area (Å²) in [7, 11) is 0. The molecule has 4 unspecified atom stereocenters. The van der Waals surface area contributed by atoms with Crippen molar-refractivity contribution in [3.63, 3.8) is 0 Å². The second-order valence-corrected chi connectivity index (χ2v) is 12.6. The van der Waals surface area contributed by atoms with Gasteiger partial charge in [0.25, 0.3) is 0 Å². The van der Waals surface area contributed by atoms with Gasteiger partial charge in [0.15, 0.2) is 0 Å². The van der Waals surface area contributed by atoms with Crippen LogP contribution in [0.1, 0.15) is 41.3 Å². The molecule has 0 amide bonds. The van der Waals surface area contributed by atoms with Gasteiger partial charge in [-0.1, -0.05) is 91.1 Å². The second-order valence-electron chi connectivity index (χ2n) is 12.6. The van der Waals surface area contributed by atoms with Crippen LogP contribution in [0.5, 0.6) is 0 Å². The van der Waals surface area contributed by atoms with E-state index in [1.165, 1.54) is 16.7 Å². The fourth-order valence-corrected chi connectivity index (χ4v) is 8.00. The Morgan fingerprint density at radius 1 is 0.778 bits per heavy atom. The third kappa shape index (κ3) is 3.75. The molecule has 5 aromatic rings. The smallest absolute Gasteiger partial charge is 0.135 e. The number of allylic oxidation sites excluding steroid dienone is 10. The van der Waals surface area contributed by atoms with E-state index in [4.69, 9.17) is 19.4 Å². The Labute approximate surface area is 260 Å². The van der Waals surface area contributed by atoms with Crippen LogP contribution in [0.3, 0.4) is 0 Å². The molecule has 0 saturated carbocycles. The lowest BCUT2D eigenvalue weighted by Crippen LogP contribution is -2.29. The Kier molecular flexibility index (Phi) is 5.32. The molecule has 4 aliphatic carbocycles. The molecule has 0 saturated heterocycles. The summed E-state index contributed by atoms with van der Waals surface area (Å²) in [4.78, 5) is 15.4. The maximum absolute atomic E-state index is 6.73. The van der Waals surface area contributed by atoms with Crippen molar-refractivity contribution in [3.05, 3.63) is 155 Å². The SMILES string of the molecule is C1=CC2C(c3ccc4ccc5cccnc5c4n3)=Cc3c(oc4cccc(C5=NC6C(=CC=C7C=CCCC76)C=C5)c34)C2C=C1. The van der Waals surface area contributed by atoms with Gasteiger partial charge < -0.3 is 4.42 Å². The first-order chi connectivity index (χ1) is 22.3. The van der Waals surface area contributed by atoms with Gasteiger partial charge in [-0.2, -0.15) is 0 Å². The van der Waals surface area contributed by atoms with E-state index >= 15 is 0 Å². The minimum Gasteiger partial charge on any atom is -0.460 e. The summed E-state index contributed by atoms with van der Waals surface area (Å²) in [6, 6.07) is 19.2. The zero-order chi connectivity index (χ0) is 29.5. The maximum atomic E-state index is 6.73. The number of rotatable bonds is 2. The highest BCUT2D eigenvalue weighted by atomic mass is 16.3. The Hall–Kier alpha value is -5.35. The number of fused-ring (bicyclic) bond motifs is 11. The minimum absolute atomic E-state index is 0.0897. The number of nitrogens with zero attached hydrogens (tertiary/aromatic N) is 3. The highest BCUT2D eigenvalue weighted by molar-refractivity contribution is 6.19. The van der Waals surface area contributed by atoms with Crippen LogP contribution < -0.4 is 0 Å². The molecule has 1 aliphatic heterocycles. The molecular formula is C41H29N3O. The van der Waals surface area contributed by atoms with Crippen LogP contribution in [0.25, 0.3) is 44.4 Å². The van der Waals surface area contributed by atoms with Crippen LogP contribution in [0.15, 0.2) is 142 Å². The van der Waals surface area contributed by atoms with E-state index in [9.17, 15) is 0 Å². The molecule has 4 atom stereocenters. The number of hydrogen-bond donors (Lipinski definition) is 0. The number of furan rings is 1. The van der Waals surface area contributed by atoms with Gasteiger partial charge in [-0.15, -0.1) is 0 Å². The first-order valence-corrected chi connectivity index (χ1v) is 15.9. The Balaban J connectivity index is 1.16. The van der Waals surface area contributed by atoms with Gasteiger partial charge >= 0.3 is 0 Å². The van der Waals surface area contributed by atoms with Gasteiger partial charge in [-0.05, 0) is 59.9 Å². The summed E-state index contributed by atoms with van der Waals surface area (Å²) in [6.07, 6.45) is 28.8. The summed E-state index contributed by atoms with van der Waals surface area (Å²) in [5.74, 6) is 1.67. The average molecular weight is 580 g/mol. The predicted octanol–water partition coefficient (Wildman–Crippen LogP) is 9.47. The Morgan fingerprint density at radius 3 is 2.60 bits per heavy atom. The van der Waals surface area contributed by atoms with Gasteiger partial charge in [-0.25, -0.2) is 4.98 Å². The molecule has 4 heteroatoms. The van der Waals surface area contributed by atoms with E-state index in [1.54, 1.807) is 0 Å². The number of pyridine rings is 2. The van der Waals surface area contributed by atoms with E-state index in [-0.39, 0.29) is 17.9 Å². The molecule has 5 aliphatic rings. The molecule has 0 N–H and O–H groups in total. The van der Waals surface area contributed by atoms with Crippen LogP contribution in [0, 0.1) is 11.8 Å². The average Bonchev–Trinajstić information content (AvgIpc) is 3.50. The van der Waals surface area contributed by atoms with Crippen LogP contribution >= 0.6 is 0 Å². The van der Waals surface area contributed by atoms with Crippen LogP contribution in [-0.2, 0) is 0 Å². The standard InChI is InChI=1S/C41H29N3O/c1-2-9-28-24(7-1)14-15-26-18-20-34(43-38(26)28)31-12-5-13-36-37(31)33-23-32(29-10-3-4-11-30(29)41(33)45-36)35-21-19-27-17-16-25-8-6-22-42-39(25)40(27)44-35/h1,3-8,10-23,28-30,38H,2,9H2. The van der Waals surface area contributed by atoms with Crippen molar-refractivity contribution in [1.82, 2.24) is 9.97 Å². The first kappa shape index (κ1) is 25.0. The minimum atomic E-state index is 0.0897. The van der Waals surface area contributed by atoms with Gasteiger partial charge in [-0.3, -0.25) is 9.98 Å². The number of aromatic nitrogens is 2. The molecule has 2 aromatic carbocycles. The fourth-order valence-electron chi connectivity index (χ4n) is 8.00. The Bertz CT molecular complexity index is 2350. The highest BCUT2D eigenvalue weighted by Gasteiger charge is 2.36. The number of aliphatic imine (C=N–C) groups is 1. The van der Waals surface area contributed by atoms with Crippen LogP contribution in [0.2, 0.25) is 0 Å². The molecule has 3 aromatic heterocycles. The highest BCUT2D eigenvalue weighted by Crippen LogP contribution is 2.49. The lowest BCUT2D eigenvalue weighted by atomic mass is 9.74. The molecule has 0 spiro atoms. The zero-order valence-corrected chi connectivity index (χ0v) is 24.6. The largest absolute Gasteiger partial charge is 0.460 e. The molecule has 10 rings (SSSR count). The predicted molar refractivity (Wildman–Crippen MR) is 183 cm³/mol. The van der Waals surface area contributed by atoms with Crippen molar-refractivity contribution < 1.29 is 4.42 Å². The molecule has 0 bridgehead atoms. The summed E-state index contributed by atoms with van der Waals surface area (Å²) < 4.78 is 6.73. The van der Waals surface area contributed by atoms with Crippen LogP contribution in [0.4, 0.5) is 0 Å². The maximum Gasteiger partial charge on any atom is 0.135 e. The van der Waals surface area contributed by atoms with Gasteiger partial charge in [0.05, 0.1) is 28.5 Å². The number of benzene rings is 2. The van der Waals surface area contributed by atoms with Crippen LogP contribution in [-0.4, -0.2) is 21.7 Å². The zero-order valence-electron chi connectivity index (χ0n) is 24.6. The molecule has 0 fully saturated rings. The van der Waals surface area contributed by atoms with Gasteiger partial charge in [0.2, 0.25) is 0 Å². The van der Waals surface area contributed by atoms with Gasteiger partial charge in [0.1, 0.15) is 11.3 Å². The third-order valence-electron chi connectivity index (χ3n) is 10.2. The quantitative estimate of drug-likeness (QED) is 0.196. The Morgan fingerprint density at radius 2 is 1.64 bits per heavy atom. The van der Waals surface area contributed by atoms with Crippen molar-refractivity contribution in [2.24, 2.45) is 16.8 Å². The number of hydrogen-bond acceptors (Lipinski definition) is 4. The summed E-state index contributed by atoms with van der Waals surface area (Å²) in [6.45, 7) is 0. The van der Waals surface area contributed by atoms with Crippen molar-refractivity contribution in [3.8, 4) is 0 Å². The van der Waals surface area contributed by atoms with Gasteiger partial charge in [0, 0.05) is 51.2 Å². The molecule has 0 radical (unpaired) electrons. The number of dihydropyridines is 1. The lowest BCUT2D eigenvalue weighted by Gasteiger charge is -2.33. The summed E-state index contributed by atoms with van der Waals surface area (Å²) in [5.41, 5.74) is 10.9. The van der Waals surface area contributed by atoms with Crippen molar-refractivity contribution in [1.29, 1.82) is 0 Å². The summed E-state index contributed by atoms with van der Waals surface area (Å²) in [5, 5.41) is 3.33. The third-order valence-corrected chi connectivity index (χ3v) is 10.2. The lowest BCUT2D eigenvalue weighted by molar-refractivity contribution is 0.492. The molecule has 214 valence electrons. The normalized spacial score (nSPS) is 24.4. The molecule has 45 heavy (non-hydrogen) atoms. The van der Waals surface area contributed by atoms with E-state index in [0.717, 1.165) is 73.9 Å². The van der Waals surface area contributed by atoms with Crippen molar-refractivity contribution in [2.75, 3.05) is 0 Å². The van der Waals surface area contributed by atoms with E-state index in [1.807, 2.05) is 12.3 Å². The topological polar surface area (TPSA) is 51.3 Å². The monoisotopic (exact) mass is 579 g/mol. The second kappa shape index (κ2) is 9.57. The van der Waals surface area contributed by atoms with E-state index in [2.05, 4.69) is 115 Å². The molecular weight excluding hydrogens is 550 g/mol. The summed E-state index contributed by atoms with van der Waals surface area (Å²) >= 11 is 0. The van der Waals surface area contributed by atoms with E-state index < -0.39 is 0 Å².